The molecule has 0 amide bonds. The minimum Gasteiger partial charge on any atom is -0.462 e. The smallest absolute Gasteiger partial charge is 0.462 e. The summed E-state index contributed by atoms with van der Waals surface area (Å²) in [5.74, 6) is -2.37. The van der Waals surface area contributed by atoms with Crippen molar-refractivity contribution < 1.29 is 80.2 Å². The lowest BCUT2D eigenvalue weighted by Gasteiger charge is -2.21. The van der Waals surface area contributed by atoms with Gasteiger partial charge in [-0.15, -0.1) is 0 Å². The van der Waals surface area contributed by atoms with Crippen molar-refractivity contribution >= 4 is 39.5 Å². The topological polar surface area (TPSA) is 237 Å². The van der Waals surface area contributed by atoms with Gasteiger partial charge in [0.15, 0.2) is 12.2 Å². The Morgan fingerprint density at radius 3 is 0.837 bits per heavy atom. The summed E-state index contributed by atoms with van der Waals surface area (Å²) in [4.78, 5) is 72.9. The van der Waals surface area contributed by atoms with E-state index in [1.807, 2.05) is 30.4 Å². The van der Waals surface area contributed by atoms with Crippen molar-refractivity contribution in [3.05, 3.63) is 134 Å². The van der Waals surface area contributed by atoms with Crippen LogP contribution in [0.15, 0.2) is 134 Å². The zero-order valence-electron chi connectivity index (χ0n) is 65.2. The van der Waals surface area contributed by atoms with Crippen LogP contribution >= 0.6 is 15.6 Å². The summed E-state index contributed by atoms with van der Waals surface area (Å²) in [7, 11) is -10.0. The lowest BCUT2D eigenvalue weighted by molar-refractivity contribution is -0.161. The van der Waals surface area contributed by atoms with Crippen LogP contribution in [0, 0.1) is 0 Å². The number of aliphatic hydroxyl groups is 1. The summed E-state index contributed by atoms with van der Waals surface area (Å²) in [6, 6.07) is 0. The number of unbranched alkanes of at least 4 members (excludes halogenated alkanes) is 27. The van der Waals surface area contributed by atoms with Crippen molar-refractivity contribution in [3.8, 4) is 0 Å². The van der Waals surface area contributed by atoms with Crippen molar-refractivity contribution in [2.24, 2.45) is 0 Å². The number of hydrogen-bond acceptors (Lipinski definition) is 15. The van der Waals surface area contributed by atoms with Crippen molar-refractivity contribution in [2.75, 3.05) is 39.6 Å². The van der Waals surface area contributed by atoms with Crippen molar-refractivity contribution in [2.45, 2.75) is 341 Å². The molecule has 5 atom stereocenters. The van der Waals surface area contributed by atoms with Gasteiger partial charge in [0, 0.05) is 25.7 Å². The Balaban J connectivity index is 5.47. The van der Waals surface area contributed by atoms with Gasteiger partial charge in [0.05, 0.1) is 26.4 Å². The van der Waals surface area contributed by atoms with Gasteiger partial charge < -0.3 is 33.8 Å². The number of carbonyl (C=O) groups is 4. The summed E-state index contributed by atoms with van der Waals surface area (Å²) in [5, 5.41) is 10.6. The molecule has 0 rings (SSSR count). The molecule has 0 aliphatic carbocycles. The fourth-order valence-corrected chi connectivity index (χ4v) is 12.0. The third kappa shape index (κ3) is 75.4. The number of carbonyl (C=O) groups excluding carboxylic acids is 4. The van der Waals surface area contributed by atoms with Crippen LogP contribution in [0.2, 0.25) is 0 Å². The van der Waals surface area contributed by atoms with E-state index >= 15 is 0 Å². The second-order valence-electron chi connectivity index (χ2n) is 26.7. The summed E-state index contributed by atoms with van der Waals surface area (Å²) < 4.78 is 68.4. The minimum absolute atomic E-state index is 0.0309. The van der Waals surface area contributed by atoms with Gasteiger partial charge in [-0.25, -0.2) is 9.13 Å². The third-order valence-electron chi connectivity index (χ3n) is 16.6. The molecular formula is C85H144O17P2. The standard InChI is InChI=1S/C85H144O17P2/c1-5-9-13-17-21-25-29-33-35-37-39-41-43-47-50-54-58-62-66-70-83(88)96-76-80(101-84(89)71-67-63-59-55-51-46-32-28-24-20-16-12-8-4)77-99-103(91,92)97-73-79(86)74-98-104(93,94)100-78-81(75-95-82(87)69-65-61-57-53-49-45-31-27-23-19-15-11-7-3)102-85(90)72-68-64-60-56-52-48-44-42-40-38-36-34-30-26-22-18-14-10-6-2/h21-22,25-26,28,32-36,39-42,47-48,50,52,58,60,62,64,79-81,86H,5-20,23-24,27,29-31,37-38,43-46,49,51,53-57,59,61,63,65-78H2,1-4H3,(H,91,92)(H,93,94)/b25-21-,26-22-,32-28-,35-33-,36-34-,41-39-,42-40-,50-47-,52-48-,62-58-,64-60-/t79-,80-,81-/m1/s1. The fraction of sp³-hybridized carbons (Fsp3) is 0.694. The molecule has 0 aromatic heterocycles. The van der Waals surface area contributed by atoms with Gasteiger partial charge in [0.25, 0.3) is 0 Å². The Bertz CT molecular complexity index is 2490. The van der Waals surface area contributed by atoms with Gasteiger partial charge in [0.1, 0.15) is 19.3 Å². The lowest BCUT2D eigenvalue weighted by atomic mass is 10.0. The second-order valence-corrected chi connectivity index (χ2v) is 29.6. The highest BCUT2D eigenvalue weighted by Crippen LogP contribution is 2.45. The van der Waals surface area contributed by atoms with Crippen LogP contribution in [0.5, 0.6) is 0 Å². The van der Waals surface area contributed by atoms with E-state index in [9.17, 15) is 43.2 Å². The SMILES string of the molecule is CCCCC/C=C\C/C=C\C/C=C\C/C=C\C/C=C\CCC(=O)OC[C@H](COP(=O)(O)OC[C@@H](O)COP(=O)(O)OC[C@@H](COC(=O)CCCCCCCCCCCCCCC)OC(=O)CC/C=C\C/C=C\C/C=C\C/C=C\C/C=C\CCCCC)OC(=O)CCCCCCC/C=C\CCCCCC. The van der Waals surface area contributed by atoms with E-state index in [1.165, 1.54) is 116 Å². The van der Waals surface area contributed by atoms with E-state index < -0.39 is 97.5 Å². The molecule has 17 nitrogen and oxygen atoms in total. The molecule has 0 aliphatic heterocycles. The minimum atomic E-state index is -5.00. The largest absolute Gasteiger partial charge is 0.472 e. The molecule has 0 bridgehead atoms. The van der Waals surface area contributed by atoms with Crippen molar-refractivity contribution in [1.29, 1.82) is 0 Å². The second kappa shape index (κ2) is 76.4. The molecule has 0 saturated heterocycles. The number of esters is 4. The Labute approximate surface area is 631 Å². The van der Waals surface area contributed by atoms with Gasteiger partial charge in [-0.1, -0.05) is 303 Å². The maximum absolute atomic E-state index is 13.1. The number of hydrogen-bond donors (Lipinski definition) is 3. The normalized spacial score (nSPS) is 14.6. The van der Waals surface area contributed by atoms with Crippen LogP contribution in [0.1, 0.15) is 323 Å². The van der Waals surface area contributed by atoms with Gasteiger partial charge >= 0.3 is 39.5 Å². The Hall–Kier alpha value is -4.80. The first-order valence-corrected chi connectivity index (χ1v) is 43.4. The van der Waals surface area contributed by atoms with Crippen LogP contribution in [-0.2, 0) is 65.4 Å². The zero-order chi connectivity index (χ0) is 76.0. The summed E-state index contributed by atoms with van der Waals surface area (Å²) >= 11 is 0. The predicted molar refractivity (Wildman–Crippen MR) is 427 cm³/mol. The molecule has 0 spiro atoms. The molecule has 0 aliphatic rings. The number of aliphatic hydroxyl groups excluding tert-OH is 1. The summed E-state index contributed by atoms with van der Waals surface area (Å²) in [6.07, 6.45) is 86.0. The maximum Gasteiger partial charge on any atom is 0.472 e. The number of allylic oxidation sites excluding steroid dienone is 22. The van der Waals surface area contributed by atoms with Crippen LogP contribution in [-0.4, -0.2) is 96.7 Å². The highest BCUT2D eigenvalue weighted by Gasteiger charge is 2.30. The highest BCUT2D eigenvalue weighted by atomic mass is 31.2. The van der Waals surface area contributed by atoms with Gasteiger partial charge in [-0.05, 0) is 128 Å². The molecule has 0 aromatic rings. The first-order valence-electron chi connectivity index (χ1n) is 40.4. The van der Waals surface area contributed by atoms with Crippen molar-refractivity contribution in [1.82, 2.24) is 0 Å². The molecule has 0 heterocycles. The maximum atomic E-state index is 13.1. The van der Waals surface area contributed by atoms with Crippen LogP contribution < -0.4 is 0 Å². The molecule has 0 fully saturated rings. The quantitative estimate of drug-likeness (QED) is 0.0169. The first-order chi connectivity index (χ1) is 50.7. The Morgan fingerprint density at radius 1 is 0.269 bits per heavy atom. The Morgan fingerprint density at radius 2 is 0.490 bits per heavy atom. The molecule has 19 heteroatoms. The number of ether oxygens (including phenoxy) is 4. The molecule has 104 heavy (non-hydrogen) atoms. The zero-order valence-corrected chi connectivity index (χ0v) is 66.9. The van der Waals surface area contributed by atoms with Gasteiger partial charge in [-0.2, -0.15) is 0 Å². The van der Waals surface area contributed by atoms with E-state index in [4.69, 9.17) is 37.0 Å². The predicted octanol–water partition coefficient (Wildman–Crippen LogP) is 23.7. The molecule has 2 unspecified atom stereocenters. The molecule has 0 radical (unpaired) electrons. The number of phosphoric acid groups is 2. The van der Waals surface area contributed by atoms with Crippen LogP contribution in [0.3, 0.4) is 0 Å². The molecule has 3 N–H and O–H groups in total. The summed E-state index contributed by atoms with van der Waals surface area (Å²) in [5.41, 5.74) is 0. The highest BCUT2D eigenvalue weighted by molar-refractivity contribution is 7.47. The molecule has 0 aromatic carbocycles. The number of rotatable bonds is 75. The molecule has 0 saturated carbocycles. The van der Waals surface area contributed by atoms with E-state index in [2.05, 4.69) is 131 Å². The average molecular weight is 1500 g/mol. The van der Waals surface area contributed by atoms with Crippen molar-refractivity contribution in [3.63, 3.8) is 0 Å². The Kier molecular flexibility index (Phi) is 72.9. The van der Waals surface area contributed by atoms with Gasteiger partial charge in [-0.3, -0.25) is 37.3 Å². The van der Waals surface area contributed by atoms with Gasteiger partial charge in [0.2, 0.25) is 0 Å². The first kappa shape index (κ1) is 99.2. The molecule has 596 valence electrons. The monoisotopic (exact) mass is 1500 g/mol. The van der Waals surface area contributed by atoms with Crippen LogP contribution in [0.25, 0.3) is 0 Å². The van der Waals surface area contributed by atoms with E-state index in [-0.39, 0.29) is 25.7 Å². The number of phosphoric ester groups is 2. The van der Waals surface area contributed by atoms with E-state index in [0.717, 1.165) is 116 Å². The summed E-state index contributed by atoms with van der Waals surface area (Å²) in [6.45, 7) is 4.64. The lowest BCUT2D eigenvalue weighted by Crippen LogP contribution is -2.30. The van der Waals surface area contributed by atoms with E-state index in [0.29, 0.717) is 38.5 Å². The molecular weight excluding hydrogens is 1350 g/mol. The fourth-order valence-electron chi connectivity index (χ4n) is 10.4. The average Bonchev–Trinajstić information content (AvgIpc) is 0.926. The third-order valence-corrected chi connectivity index (χ3v) is 18.5. The van der Waals surface area contributed by atoms with Crippen LogP contribution in [0.4, 0.5) is 0 Å². The van der Waals surface area contributed by atoms with E-state index in [1.54, 1.807) is 0 Å².